The van der Waals surface area contributed by atoms with Gasteiger partial charge in [0.05, 0.1) is 0 Å². The van der Waals surface area contributed by atoms with E-state index in [1.54, 1.807) is 7.05 Å². The number of aliphatic imine (C=N–C) groups is 1. The number of hydrogen-bond donors (Lipinski definition) is 2. The van der Waals surface area contributed by atoms with Gasteiger partial charge in [0.2, 0.25) is 0 Å². The van der Waals surface area contributed by atoms with E-state index < -0.39 is 12.4 Å². The van der Waals surface area contributed by atoms with Gasteiger partial charge in [0.25, 0.3) is 0 Å². The standard InChI is InChI=1S/C19H27F3N4O/c1-23-19(25-13-9-10-26(12-13)14-5-2-3-6-14)24-11-15-16(20)7-4-8-17(15)27-18(21)22/h4,7-8,13-14,18H,2-3,5-6,9-12H2,1H3,(H2,23,24,25). The van der Waals surface area contributed by atoms with Crippen molar-refractivity contribution < 1.29 is 17.9 Å². The summed E-state index contributed by atoms with van der Waals surface area (Å²) in [6.45, 7) is -0.958. The van der Waals surface area contributed by atoms with E-state index >= 15 is 0 Å². The molecule has 2 N–H and O–H groups in total. The zero-order valence-electron chi connectivity index (χ0n) is 15.6. The second-order valence-electron chi connectivity index (χ2n) is 7.08. The Kier molecular flexibility index (Phi) is 6.82. The molecule has 0 bridgehead atoms. The van der Waals surface area contributed by atoms with Gasteiger partial charge >= 0.3 is 6.61 Å². The zero-order chi connectivity index (χ0) is 19.2. The molecule has 1 aromatic rings. The predicted octanol–water partition coefficient (Wildman–Crippen LogP) is 3.11. The van der Waals surface area contributed by atoms with Crippen LogP contribution >= 0.6 is 0 Å². The van der Waals surface area contributed by atoms with Gasteiger partial charge in [-0.3, -0.25) is 9.89 Å². The molecular formula is C19H27F3N4O. The summed E-state index contributed by atoms with van der Waals surface area (Å²) in [6, 6.07) is 4.87. The van der Waals surface area contributed by atoms with E-state index in [2.05, 4.69) is 25.3 Å². The molecule has 0 amide bonds. The van der Waals surface area contributed by atoms with Gasteiger partial charge in [0, 0.05) is 44.3 Å². The van der Waals surface area contributed by atoms with Crippen LogP contribution in [0, 0.1) is 5.82 Å². The molecule has 1 aliphatic heterocycles. The Hall–Kier alpha value is -1.96. The van der Waals surface area contributed by atoms with E-state index in [4.69, 9.17) is 0 Å². The second-order valence-corrected chi connectivity index (χ2v) is 7.08. The fourth-order valence-corrected chi connectivity index (χ4v) is 3.98. The molecule has 2 fully saturated rings. The molecule has 1 unspecified atom stereocenters. The first-order chi connectivity index (χ1) is 13.1. The fourth-order valence-electron chi connectivity index (χ4n) is 3.98. The van der Waals surface area contributed by atoms with E-state index in [0.29, 0.717) is 12.0 Å². The summed E-state index contributed by atoms with van der Waals surface area (Å²) in [5, 5.41) is 6.36. The van der Waals surface area contributed by atoms with Crippen molar-refractivity contribution in [2.75, 3.05) is 20.1 Å². The lowest BCUT2D eigenvalue weighted by Crippen LogP contribution is -2.45. The number of alkyl halides is 2. The number of guanidine groups is 1. The van der Waals surface area contributed by atoms with E-state index in [-0.39, 0.29) is 23.9 Å². The molecule has 1 saturated heterocycles. The molecule has 1 heterocycles. The molecule has 2 aliphatic rings. The largest absolute Gasteiger partial charge is 0.434 e. The van der Waals surface area contributed by atoms with Crippen LogP contribution in [0.4, 0.5) is 13.2 Å². The summed E-state index contributed by atoms with van der Waals surface area (Å²) < 4.78 is 43.5. The molecule has 8 heteroatoms. The molecule has 1 aromatic carbocycles. The summed E-state index contributed by atoms with van der Waals surface area (Å²) in [5.41, 5.74) is 0.0553. The van der Waals surface area contributed by atoms with Crippen LogP contribution in [0.2, 0.25) is 0 Å². The number of rotatable bonds is 6. The smallest absolute Gasteiger partial charge is 0.387 e. The average Bonchev–Trinajstić information content (AvgIpc) is 3.31. The van der Waals surface area contributed by atoms with Crippen molar-refractivity contribution in [1.29, 1.82) is 0 Å². The van der Waals surface area contributed by atoms with Crippen molar-refractivity contribution in [2.24, 2.45) is 4.99 Å². The third-order valence-corrected chi connectivity index (χ3v) is 5.35. The van der Waals surface area contributed by atoms with Gasteiger partial charge in [-0.2, -0.15) is 8.78 Å². The van der Waals surface area contributed by atoms with Crippen LogP contribution in [0.15, 0.2) is 23.2 Å². The topological polar surface area (TPSA) is 48.9 Å². The monoisotopic (exact) mass is 384 g/mol. The van der Waals surface area contributed by atoms with Crippen molar-refractivity contribution in [2.45, 2.75) is 57.3 Å². The van der Waals surface area contributed by atoms with Crippen LogP contribution < -0.4 is 15.4 Å². The van der Waals surface area contributed by atoms with Gasteiger partial charge in [-0.15, -0.1) is 0 Å². The first kappa shape index (κ1) is 19.8. The minimum atomic E-state index is -3.00. The lowest BCUT2D eigenvalue weighted by molar-refractivity contribution is -0.0506. The number of nitrogens with zero attached hydrogens (tertiary/aromatic N) is 2. The molecule has 150 valence electrons. The average molecular weight is 384 g/mol. The molecule has 1 atom stereocenters. The van der Waals surface area contributed by atoms with E-state index in [1.165, 1.54) is 43.9 Å². The molecule has 0 spiro atoms. The van der Waals surface area contributed by atoms with E-state index in [9.17, 15) is 13.2 Å². The lowest BCUT2D eigenvalue weighted by atomic mass is 10.2. The first-order valence-corrected chi connectivity index (χ1v) is 9.50. The Labute approximate surface area is 158 Å². The normalized spacial score (nSPS) is 21.8. The van der Waals surface area contributed by atoms with Gasteiger partial charge < -0.3 is 15.4 Å². The van der Waals surface area contributed by atoms with Crippen LogP contribution in [-0.4, -0.2) is 49.7 Å². The number of likely N-dealkylation sites (tertiary alicyclic amines) is 1. The number of halogens is 3. The van der Waals surface area contributed by atoms with Crippen molar-refractivity contribution in [3.05, 3.63) is 29.6 Å². The van der Waals surface area contributed by atoms with Gasteiger partial charge in [-0.05, 0) is 31.4 Å². The van der Waals surface area contributed by atoms with Crippen molar-refractivity contribution in [1.82, 2.24) is 15.5 Å². The molecule has 0 radical (unpaired) electrons. The van der Waals surface area contributed by atoms with Crippen LogP contribution in [0.1, 0.15) is 37.7 Å². The molecule has 3 rings (SSSR count). The highest BCUT2D eigenvalue weighted by molar-refractivity contribution is 5.80. The zero-order valence-corrected chi connectivity index (χ0v) is 15.6. The quantitative estimate of drug-likeness (QED) is 0.585. The molecule has 5 nitrogen and oxygen atoms in total. The number of nitrogens with one attached hydrogen (secondary N) is 2. The highest BCUT2D eigenvalue weighted by Gasteiger charge is 2.30. The number of hydrogen-bond acceptors (Lipinski definition) is 3. The van der Waals surface area contributed by atoms with Crippen molar-refractivity contribution >= 4 is 5.96 Å². The van der Waals surface area contributed by atoms with Crippen LogP contribution in [0.25, 0.3) is 0 Å². The van der Waals surface area contributed by atoms with Crippen LogP contribution in [0.3, 0.4) is 0 Å². The summed E-state index contributed by atoms with van der Waals surface area (Å²) in [4.78, 5) is 6.71. The maximum absolute atomic E-state index is 14.1. The maximum atomic E-state index is 14.1. The SMILES string of the molecule is CN=C(NCc1c(F)cccc1OC(F)F)NC1CCN(C2CCCC2)C1. The predicted molar refractivity (Wildman–Crippen MR) is 98.6 cm³/mol. The summed E-state index contributed by atoms with van der Waals surface area (Å²) in [7, 11) is 1.64. The second kappa shape index (κ2) is 9.30. The van der Waals surface area contributed by atoms with Crippen LogP contribution in [0.5, 0.6) is 5.75 Å². The minimum Gasteiger partial charge on any atom is -0.434 e. The minimum absolute atomic E-state index is 0.00740. The van der Waals surface area contributed by atoms with Gasteiger partial charge in [0.15, 0.2) is 5.96 Å². The Morgan fingerprint density at radius 1 is 1.30 bits per heavy atom. The van der Waals surface area contributed by atoms with Gasteiger partial charge in [0.1, 0.15) is 11.6 Å². The maximum Gasteiger partial charge on any atom is 0.387 e. The van der Waals surface area contributed by atoms with E-state index in [0.717, 1.165) is 19.5 Å². The summed E-state index contributed by atoms with van der Waals surface area (Å²) >= 11 is 0. The highest BCUT2D eigenvalue weighted by Crippen LogP contribution is 2.26. The summed E-state index contributed by atoms with van der Waals surface area (Å²) in [5.74, 6) is -0.231. The van der Waals surface area contributed by atoms with Gasteiger partial charge in [-0.1, -0.05) is 18.9 Å². The Morgan fingerprint density at radius 2 is 2.07 bits per heavy atom. The molecule has 0 aromatic heterocycles. The third kappa shape index (κ3) is 5.28. The molecule has 27 heavy (non-hydrogen) atoms. The summed E-state index contributed by atoms with van der Waals surface area (Å²) in [6.07, 6.45) is 6.21. The number of ether oxygens (including phenoxy) is 1. The van der Waals surface area contributed by atoms with Crippen LogP contribution in [-0.2, 0) is 6.54 Å². The number of benzene rings is 1. The Balaban J connectivity index is 1.54. The lowest BCUT2D eigenvalue weighted by Gasteiger charge is -2.24. The molecule has 1 aliphatic carbocycles. The third-order valence-electron chi connectivity index (χ3n) is 5.35. The van der Waals surface area contributed by atoms with Crippen molar-refractivity contribution in [3.8, 4) is 5.75 Å². The van der Waals surface area contributed by atoms with Gasteiger partial charge in [-0.25, -0.2) is 4.39 Å². The van der Waals surface area contributed by atoms with E-state index in [1.807, 2.05) is 0 Å². The first-order valence-electron chi connectivity index (χ1n) is 9.50. The molecule has 1 saturated carbocycles. The Bertz CT molecular complexity index is 650. The highest BCUT2D eigenvalue weighted by atomic mass is 19.3. The van der Waals surface area contributed by atoms with Crippen molar-refractivity contribution in [3.63, 3.8) is 0 Å². The fraction of sp³-hybridized carbons (Fsp3) is 0.632. The Morgan fingerprint density at radius 3 is 2.78 bits per heavy atom. The molecular weight excluding hydrogens is 357 g/mol.